The van der Waals surface area contributed by atoms with E-state index >= 15 is 0 Å². The van der Waals surface area contributed by atoms with E-state index < -0.39 is 0 Å². The molecule has 0 bridgehead atoms. The van der Waals surface area contributed by atoms with Gasteiger partial charge < -0.3 is 19.0 Å². The Bertz CT molecular complexity index is 1220. The molecule has 6 heteroatoms. The molecule has 0 radical (unpaired) electrons. The summed E-state index contributed by atoms with van der Waals surface area (Å²) in [5.74, 6) is 0.577. The highest BCUT2D eigenvalue weighted by atomic mass is 16.5. The van der Waals surface area contributed by atoms with Crippen LogP contribution in [-0.4, -0.2) is 35.6 Å². The van der Waals surface area contributed by atoms with Gasteiger partial charge in [-0.15, -0.1) is 0 Å². The van der Waals surface area contributed by atoms with Crippen molar-refractivity contribution >= 4 is 33.5 Å². The molecule has 154 valence electrons. The minimum Gasteiger partial charge on any atom is -0.495 e. The first kappa shape index (κ1) is 18.8. The predicted molar refractivity (Wildman–Crippen MR) is 118 cm³/mol. The molecule has 30 heavy (non-hydrogen) atoms. The quantitative estimate of drug-likeness (QED) is 0.524. The second-order valence-corrected chi connectivity index (χ2v) is 7.87. The standard InChI is InChI=1S/C24H25N3O3/c1-26-11-5-8-19(26)20-9-6-12-27(20)15-24(28)25-18-14-22-17(13-23(18)29-2)16-7-3-4-10-21(16)30-22/h3-5,7-8,10-11,13-14,20H,6,9,12,15H2,1-2H3,(H,25,28)/t20-/m0/s1. The maximum absolute atomic E-state index is 12.9. The molecule has 3 heterocycles. The van der Waals surface area contributed by atoms with Crippen LogP contribution in [0.4, 0.5) is 5.69 Å². The molecule has 4 aromatic rings. The molecule has 1 fully saturated rings. The van der Waals surface area contributed by atoms with Crippen LogP contribution in [0.3, 0.4) is 0 Å². The van der Waals surface area contributed by atoms with E-state index in [0.717, 1.165) is 41.3 Å². The van der Waals surface area contributed by atoms with Crippen molar-refractivity contribution < 1.29 is 13.9 Å². The van der Waals surface area contributed by atoms with Gasteiger partial charge in [0.2, 0.25) is 5.91 Å². The molecule has 1 atom stereocenters. The second kappa shape index (κ2) is 7.54. The van der Waals surface area contributed by atoms with Gasteiger partial charge in [0.15, 0.2) is 0 Å². The Kier molecular flexibility index (Phi) is 4.71. The van der Waals surface area contributed by atoms with Crippen LogP contribution in [0.25, 0.3) is 21.9 Å². The van der Waals surface area contributed by atoms with Crippen LogP contribution in [0.1, 0.15) is 24.6 Å². The van der Waals surface area contributed by atoms with Gasteiger partial charge in [-0.1, -0.05) is 18.2 Å². The van der Waals surface area contributed by atoms with E-state index in [0.29, 0.717) is 18.0 Å². The first-order chi connectivity index (χ1) is 14.6. The molecular formula is C24H25N3O3. The maximum atomic E-state index is 12.9. The Labute approximate surface area is 175 Å². The second-order valence-electron chi connectivity index (χ2n) is 7.87. The monoisotopic (exact) mass is 403 g/mol. The largest absolute Gasteiger partial charge is 0.495 e. The van der Waals surface area contributed by atoms with Crippen molar-refractivity contribution in [2.75, 3.05) is 25.5 Å². The molecule has 1 aliphatic heterocycles. The summed E-state index contributed by atoms with van der Waals surface area (Å²) < 4.78 is 13.7. The SMILES string of the molecule is COc1cc2c(cc1NC(=O)CN1CCC[C@H]1c1cccn1C)oc1ccccc12. The first-order valence-corrected chi connectivity index (χ1v) is 10.3. The van der Waals surface area contributed by atoms with Gasteiger partial charge in [0.25, 0.3) is 0 Å². The molecule has 6 nitrogen and oxygen atoms in total. The Hall–Kier alpha value is -3.25. The third-order valence-corrected chi connectivity index (χ3v) is 6.01. The number of likely N-dealkylation sites (tertiary alicyclic amines) is 1. The molecule has 0 unspecified atom stereocenters. The number of anilines is 1. The normalized spacial score (nSPS) is 17.1. The third-order valence-electron chi connectivity index (χ3n) is 6.01. The number of rotatable bonds is 5. The lowest BCUT2D eigenvalue weighted by Gasteiger charge is -2.24. The summed E-state index contributed by atoms with van der Waals surface area (Å²) >= 11 is 0. The lowest BCUT2D eigenvalue weighted by molar-refractivity contribution is -0.117. The summed E-state index contributed by atoms with van der Waals surface area (Å²) in [6, 6.07) is 16.1. The minimum absolute atomic E-state index is 0.0510. The molecule has 5 rings (SSSR count). The predicted octanol–water partition coefficient (Wildman–Crippen LogP) is 4.71. The summed E-state index contributed by atoms with van der Waals surface area (Å²) in [7, 11) is 3.67. The van der Waals surface area contributed by atoms with E-state index in [9.17, 15) is 4.79 Å². The molecule has 0 aliphatic carbocycles. The van der Waals surface area contributed by atoms with Crippen molar-refractivity contribution in [3.63, 3.8) is 0 Å². The average molecular weight is 403 g/mol. The highest BCUT2D eigenvalue weighted by molar-refractivity contribution is 6.07. The van der Waals surface area contributed by atoms with Crippen molar-refractivity contribution in [3.8, 4) is 5.75 Å². The number of aryl methyl sites for hydroxylation is 1. The Morgan fingerprint density at radius 3 is 2.83 bits per heavy atom. The lowest BCUT2D eigenvalue weighted by atomic mass is 10.1. The van der Waals surface area contributed by atoms with Crippen LogP contribution < -0.4 is 10.1 Å². The van der Waals surface area contributed by atoms with E-state index in [2.05, 4.69) is 40.2 Å². The number of amides is 1. The smallest absolute Gasteiger partial charge is 0.238 e. The van der Waals surface area contributed by atoms with Gasteiger partial charge in [-0.05, 0) is 43.7 Å². The lowest BCUT2D eigenvalue weighted by Crippen LogP contribution is -2.33. The van der Waals surface area contributed by atoms with E-state index in [1.54, 1.807) is 7.11 Å². The van der Waals surface area contributed by atoms with Crippen molar-refractivity contribution in [1.29, 1.82) is 0 Å². The van der Waals surface area contributed by atoms with Crippen LogP contribution in [-0.2, 0) is 11.8 Å². The summed E-state index contributed by atoms with van der Waals surface area (Å²) in [6.45, 7) is 1.26. The zero-order valence-corrected chi connectivity index (χ0v) is 17.2. The summed E-state index contributed by atoms with van der Waals surface area (Å²) in [4.78, 5) is 15.1. The molecule has 1 amide bonds. The van der Waals surface area contributed by atoms with Gasteiger partial charge in [-0.25, -0.2) is 0 Å². The molecule has 0 saturated carbocycles. The molecule has 1 aliphatic rings. The zero-order valence-electron chi connectivity index (χ0n) is 17.2. The van der Waals surface area contributed by atoms with Gasteiger partial charge in [0, 0.05) is 35.8 Å². The maximum Gasteiger partial charge on any atom is 0.238 e. The van der Waals surface area contributed by atoms with Crippen molar-refractivity contribution in [2.24, 2.45) is 7.05 Å². The van der Waals surface area contributed by atoms with E-state index in [-0.39, 0.29) is 11.9 Å². The van der Waals surface area contributed by atoms with Crippen LogP contribution in [0.5, 0.6) is 5.75 Å². The van der Waals surface area contributed by atoms with Crippen molar-refractivity contribution in [2.45, 2.75) is 18.9 Å². The number of hydrogen-bond donors (Lipinski definition) is 1. The molecule has 2 aromatic carbocycles. The topological polar surface area (TPSA) is 59.6 Å². The van der Waals surface area contributed by atoms with E-state index in [1.807, 2.05) is 36.4 Å². The van der Waals surface area contributed by atoms with Crippen LogP contribution in [0.2, 0.25) is 0 Å². The van der Waals surface area contributed by atoms with Gasteiger partial charge in [-0.2, -0.15) is 0 Å². The number of para-hydroxylation sites is 1. The third kappa shape index (κ3) is 3.23. The number of fused-ring (bicyclic) bond motifs is 3. The summed E-state index contributed by atoms with van der Waals surface area (Å²) in [6.07, 6.45) is 4.22. The van der Waals surface area contributed by atoms with Gasteiger partial charge >= 0.3 is 0 Å². The van der Waals surface area contributed by atoms with E-state index in [1.165, 1.54) is 5.69 Å². The highest BCUT2D eigenvalue weighted by Crippen LogP contribution is 2.37. The summed E-state index contributed by atoms with van der Waals surface area (Å²) in [5.41, 5.74) is 3.43. The molecule has 2 aromatic heterocycles. The number of nitrogens with one attached hydrogen (secondary N) is 1. The van der Waals surface area contributed by atoms with Crippen LogP contribution in [0.15, 0.2) is 59.1 Å². The minimum atomic E-state index is -0.0510. The van der Waals surface area contributed by atoms with Crippen LogP contribution in [0, 0.1) is 0 Å². The van der Waals surface area contributed by atoms with Gasteiger partial charge in [-0.3, -0.25) is 9.69 Å². The van der Waals surface area contributed by atoms with Crippen molar-refractivity contribution in [1.82, 2.24) is 9.47 Å². The molecular weight excluding hydrogens is 378 g/mol. The number of methoxy groups -OCH3 is 1. The zero-order chi connectivity index (χ0) is 20.7. The number of furan rings is 1. The fraction of sp³-hybridized carbons (Fsp3) is 0.292. The summed E-state index contributed by atoms with van der Waals surface area (Å²) in [5, 5.41) is 5.04. The number of hydrogen-bond acceptors (Lipinski definition) is 4. The number of carbonyl (C=O) groups is 1. The average Bonchev–Trinajstić information content (AvgIpc) is 3.45. The molecule has 1 N–H and O–H groups in total. The fourth-order valence-corrected chi connectivity index (χ4v) is 4.56. The van der Waals surface area contributed by atoms with Gasteiger partial charge in [0.05, 0.1) is 25.4 Å². The van der Waals surface area contributed by atoms with E-state index in [4.69, 9.17) is 9.15 Å². The highest BCUT2D eigenvalue weighted by Gasteiger charge is 2.29. The number of aromatic nitrogens is 1. The molecule has 0 spiro atoms. The van der Waals surface area contributed by atoms with Crippen LogP contribution >= 0.6 is 0 Å². The fourth-order valence-electron chi connectivity index (χ4n) is 4.56. The first-order valence-electron chi connectivity index (χ1n) is 10.3. The number of nitrogens with zero attached hydrogens (tertiary/aromatic N) is 2. The Balaban J connectivity index is 1.39. The van der Waals surface area contributed by atoms with Gasteiger partial charge in [0.1, 0.15) is 16.9 Å². The number of ether oxygens (including phenoxy) is 1. The number of carbonyl (C=O) groups excluding carboxylic acids is 1. The number of benzene rings is 2. The Morgan fingerprint density at radius 1 is 1.17 bits per heavy atom. The molecule has 1 saturated heterocycles. The van der Waals surface area contributed by atoms with Crippen molar-refractivity contribution in [3.05, 3.63) is 60.4 Å². The Morgan fingerprint density at radius 2 is 2.03 bits per heavy atom.